The Morgan fingerprint density at radius 1 is 0.286 bits per heavy atom. The second kappa shape index (κ2) is 11.4. The second-order valence-electron chi connectivity index (χ2n) is 10.0. The molecule has 198 valence electrons. The summed E-state index contributed by atoms with van der Waals surface area (Å²) in [6, 6.07) is 49.8. The number of pyridine rings is 1. The van der Waals surface area contributed by atoms with E-state index in [1.807, 2.05) is 79.0 Å². The molecular formula is C38H26N4. The van der Waals surface area contributed by atoms with Gasteiger partial charge in [-0.2, -0.15) is 0 Å². The lowest BCUT2D eigenvalue weighted by molar-refractivity contribution is 1.07. The molecule has 7 aromatic rings. The zero-order valence-corrected chi connectivity index (χ0v) is 22.8. The van der Waals surface area contributed by atoms with Crippen LogP contribution in [-0.4, -0.2) is 19.9 Å². The van der Waals surface area contributed by atoms with Crippen molar-refractivity contribution < 1.29 is 0 Å². The maximum absolute atomic E-state index is 4.99. The van der Waals surface area contributed by atoms with E-state index in [1.54, 1.807) is 6.20 Å². The molecule has 0 radical (unpaired) electrons. The van der Waals surface area contributed by atoms with Gasteiger partial charge in [0.25, 0.3) is 0 Å². The number of benzene rings is 5. The Balaban J connectivity index is 1.39. The van der Waals surface area contributed by atoms with Crippen LogP contribution in [0.25, 0.3) is 67.5 Å². The highest BCUT2D eigenvalue weighted by molar-refractivity contribution is 5.81. The van der Waals surface area contributed by atoms with Crippen LogP contribution in [0.15, 0.2) is 158 Å². The molecule has 4 heteroatoms. The summed E-state index contributed by atoms with van der Waals surface area (Å²) < 4.78 is 0. The Bertz CT molecular complexity index is 1880. The number of nitrogens with zero attached hydrogens (tertiary/aromatic N) is 4. The Morgan fingerprint density at radius 3 is 1.14 bits per heavy atom. The SMILES string of the molecule is c1ccc(-c2cc(-c3ccc(-c4cccnc4)cc3)cc(-c3nc(-c4ccccc4)nc(-c4ccccc4)n3)c2)cc1. The van der Waals surface area contributed by atoms with Crippen LogP contribution in [0.5, 0.6) is 0 Å². The highest BCUT2D eigenvalue weighted by atomic mass is 15.0. The van der Waals surface area contributed by atoms with E-state index in [1.165, 1.54) is 0 Å². The number of rotatable bonds is 6. The molecule has 2 heterocycles. The van der Waals surface area contributed by atoms with E-state index in [4.69, 9.17) is 15.0 Å². The molecule has 0 saturated heterocycles. The third kappa shape index (κ3) is 5.34. The van der Waals surface area contributed by atoms with Gasteiger partial charge >= 0.3 is 0 Å². The predicted molar refractivity (Wildman–Crippen MR) is 170 cm³/mol. The summed E-state index contributed by atoms with van der Waals surface area (Å²) in [4.78, 5) is 19.1. The molecule has 0 saturated carbocycles. The number of hydrogen-bond donors (Lipinski definition) is 0. The molecule has 0 amide bonds. The lowest BCUT2D eigenvalue weighted by Gasteiger charge is -2.13. The number of hydrogen-bond acceptors (Lipinski definition) is 4. The van der Waals surface area contributed by atoms with Gasteiger partial charge in [0.2, 0.25) is 0 Å². The van der Waals surface area contributed by atoms with E-state index in [-0.39, 0.29) is 0 Å². The Kier molecular flexibility index (Phi) is 6.85. The van der Waals surface area contributed by atoms with Crippen molar-refractivity contribution in [2.45, 2.75) is 0 Å². The molecule has 42 heavy (non-hydrogen) atoms. The smallest absolute Gasteiger partial charge is 0.164 e. The third-order valence-electron chi connectivity index (χ3n) is 7.21. The van der Waals surface area contributed by atoms with Gasteiger partial charge in [-0.1, -0.05) is 121 Å². The van der Waals surface area contributed by atoms with Gasteiger partial charge in [-0.25, -0.2) is 15.0 Å². The second-order valence-corrected chi connectivity index (χ2v) is 10.0. The van der Waals surface area contributed by atoms with Gasteiger partial charge in [0.05, 0.1) is 0 Å². The Hall–Kier alpha value is -5.74. The minimum atomic E-state index is 0.633. The molecule has 0 aliphatic carbocycles. The fourth-order valence-electron chi connectivity index (χ4n) is 5.05. The first-order chi connectivity index (χ1) is 20.8. The van der Waals surface area contributed by atoms with Crippen LogP contribution in [0.2, 0.25) is 0 Å². The summed E-state index contributed by atoms with van der Waals surface area (Å²) in [6.07, 6.45) is 3.68. The molecule has 0 aliphatic heterocycles. The van der Waals surface area contributed by atoms with Crippen LogP contribution < -0.4 is 0 Å². The Labute approximate surface area is 245 Å². The Morgan fingerprint density at radius 2 is 0.667 bits per heavy atom. The first-order valence-electron chi connectivity index (χ1n) is 13.9. The average molecular weight is 539 g/mol. The van der Waals surface area contributed by atoms with Crippen LogP contribution in [0.4, 0.5) is 0 Å². The van der Waals surface area contributed by atoms with E-state index >= 15 is 0 Å². The van der Waals surface area contributed by atoms with Crippen LogP contribution in [-0.2, 0) is 0 Å². The zero-order valence-electron chi connectivity index (χ0n) is 22.8. The number of aromatic nitrogens is 4. The van der Waals surface area contributed by atoms with Crippen molar-refractivity contribution in [2.24, 2.45) is 0 Å². The van der Waals surface area contributed by atoms with Crippen LogP contribution in [0, 0.1) is 0 Å². The molecule has 0 atom stereocenters. The topological polar surface area (TPSA) is 51.6 Å². The van der Waals surface area contributed by atoms with Gasteiger partial charge in [0.15, 0.2) is 17.5 Å². The fourth-order valence-corrected chi connectivity index (χ4v) is 5.05. The van der Waals surface area contributed by atoms with Gasteiger partial charge in [0.1, 0.15) is 0 Å². The summed E-state index contributed by atoms with van der Waals surface area (Å²) in [5.41, 5.74) is 9.48. The minimum Gasteiger partial charge on any atom is -0.264 e. The molecule has 0 N–H and O–H groups in total. The molecule has 2 aromatic heterocycles. The monoisotopic (exact) mass is 538 g/mol. The molecule has 0 unspecified atom stereocenters. The van der Waals surface area contributed by atoms with E-state index in [9.17, 15) is 0 Å². The van der Waals surface area contributed by atoms with Crippen LogP contribution >= 0.6 is 0 Å². The van der Waals surface area contributed by atoms with E-state index in [0.717, 1.165) is 50.1 Å². The lowest BCUT2D eigenvalue weighted by atomic mass is 9.94. The van der Waals surface area contributed by atoms with Crippen molar-refractivity contribution in [1.29, 1.82) is 0 Å². The molecule has 7 rings (SSSR count). The molecular weight excluding hydrogens is 512 g/mol. The van der Waals surface area contributed by atoms with Crippen molar-refractivity contribution in [3.63, 3.8) is 0 Å². The first-order valence-corrected chi connectivity index (χ1v) is 13.9. The van der Waals surface area contributed by atoms with E-state index < -0.39 is 0 Å². The molecule has 0 fully saturated rings. The van der Waals surface area contributed by atoms with Crippen molar-refractivity contribution in [3.05, 3.63) is 158 Å². The van der Waals surface area contributed by atoms with E-state index in [2.05, 4.69) is 77.8 Å². The lowest BCUT2D eigenvalue weighted by Crippen LogP contribution is -2.00. The van der Waals surface area contributed by atoms with Crippen molar-refractivity contribution >= 4 is 0 Å². The van der Waals surface area contributed by atoms with E-state index in [0.29, 0.717) is 17.5 Å². The minimum absolute atomic E-state index is 0.633. The van der Waals surface area contributed by atoms with Crippen molar-refractivity contribution in [1.82, 2.24) is 19.9 Å². The quantitative estimate of drug-likeness (QED) is 0.212. The van der Waals surface area contributed by atoms with Crippen LogP contribution in [0.3, 0.4) is 0 Å². The summed E-state index contributed by atoms with van der Waals surface area (Å²) >= 11 is 0. The van der Waals surface area contributed by atoms with Crippen molar-refractivity contribution in [2.75, 3.05) is 0 Å². The fraction of sp³-hybridized carbons (Fsp3) is 0. The highest BCUT2D eigenvalue weighted by Gasteiger charge is 2.15. The third-order valence-corrected chi connectivity index (χ3v) is 7.21. The summed E-state index contributed by atoms with van der Waals surface area (Å²) in [5, 5.41) is 0. The maximum atomic E-state index is 4.99. The highest BCUT2D eigenvalue weighted by Crippen LogP contribution is 2.34. The molecule has 0 spiro atoms. The van der Waals surface area contributed by atoms with Gasteiger partial charge in [-0.05, 0) is 57.6 Å². The summed E-state index contributed by atoms with van der Waals surface area (Å²) in [5.74, 6) is 1.92. The predicted octanol–water partition coefficient (Wildman–Crippen LogP) is 9.27. The molecule has 4 nitrogen and oxygen atoms in total. The van der Waals surface area contributed by atoms with Crippen molar-refractivity contribution in [3.8, 4) is 67.5 Å². The van der Waals surface area contributed by atoms with Gasteiger partial charge < -0.3 is 0 Å². The summed E-state index contributed by atoms with van der Waals surface area (Å²) in [6.45, 7) is 0. The molecule has 0 bridgehead atoms. The van der Waals surface area contributed by atoms with Gasteiger partial charge in [-0.3, -0.25) is 4.98 Å². The molecule has 0 aliphatic rings. The largest absolute Gasteiger partial charge is 0.264 e. The normalized spacial score (nSPS) is 10.9. The first kappa shape index (κ1) is 25.2. The van der Waals surface area contributed by atoms with Gasteiger partial charge in [-0.15, -0.1) is 0 Å². The maximum Gasteiger partial charge on any atom is 0.164 e. The van der Waals surface area contributed by atoms with Gasteiger partial charge in [0, 0.05) is 29.1 Å². The average Bonchev–Trinajstić information content (AvgIpc) is 3.09. The zero-order chi connectivity index (χ0) is 28.1. The van der Waals surface area contributed by atoms with Crippen LogP contribution in [0.1, 0.15) is 0 Å². The summed E-state index contributed by atoms with van der Waals surface area (Å²) in [7, 11) is 0. The standard InChI is InChI=1S/C38H26N4/c1-4-11-27(12-5-1)33-23-34(29-20-18-28(19-21-29)32-17-10-22-39-26-32)25-35(24-33)38-41-36(30-13-6-2-7-14-30)40-37(42-38)31-15-8-3-9-16-31/h1-26H. The molecule has 5 aromatic carbocycles.